The molecule has 0 aliphatic carbocycles. The van der Waals surface area contributed by atoms with E-state index in [0.29, 0.717) is 12.4 Å². The number of allylic oxidation sites excluding steroid dienone is 1. The summed E-state index contributed by atoms with van der Waals surface area (Å²) in [7, 11) is 0. The van der Waals surface area contributed by atoms with Gasteiger partial charge in [-0.3, -0.25) is 0 Å². The Kier molecular flexibility index (Phi) is 3.29. The number of hydrogen-bond donors (Lipinski definition) is 1. The van der Waals surface area contributed by atoms with E-state index in [0.717, 1.165) is 5.56 Å². The van der Waals surface area contributed by atoms with Crippen molar-refractivity contribution < 1.29 is 14.6 Å². The summed E-state index contributed by atoms with van der Waals surface area (Å²) < 4.78 is 5.19. The Bertz CT molecular complexity index is 338. The number of carboxylic acid groups (broad SMARTS) is 1. The molecule has 14 heavy (non-hydrogen) atoms. The Balaban J connectivity index is 2.64. The Hall–Kier alpha value is -1.77. The van der Waals surface area contributed by atoms with Gasteiger partial charge in [-0.2, -0.15) is 0 Å². The first-order valence-electron chi connectivity index (χ1n) is 4.20. The van der Waals surface area contributed by atoms with Crippen molar-refractivity contribution in [3.63, 3.8) is 0 Å². The number of carbonyl (C=O) groups is 1. The molecule has 3 nitrogen and oxygen atoms in total. The van der Waals surface area contributed by atoms with Crippen molar-refractivity contribution in [3.05, 3.63) is 47.7 Å². The highest BCUT2D eigenvalue weighted by Gasteiger charge is 2.01. The van der Waals surface area contributed by atoms with E-state index in [4.69, 9.17) is 9.84 Å². The third-order valence-corrected chi connectivity index (χ3v) is 1.69. The van der Waals surface area contributed by atoms with Crippen LogP contribution in [0.5, 0.6) is 0 Å². The molecule has 1 rings (SSSR count). The molecule has 0 unspecified atom stereocenters. The van der Waals surface area contributed by atoms with Gasteiger partial charge in [0.1, 0.15) is 6.61 Å². The van der Waals surface area contributed by atoms with Crippen LogP contribution in [0.25, 0.3) is 0 Å². The number of carboxylic acids is 1. The van der Waals surface area contributed by atoms with Crippen LogP contribution >= 0.6 is 0 Å². The third kappa shape index (κ3) is 2.94. The van der Waals surface area contributed by atoms with E-state index in [9.17, 15) is 4.79 Å². The lowest BCUT2D eigenvalue weighted by molar-refractivity contribution is 0.0697. The largest absolute Gasteiger partial charge is 0.494 e. The molecule has 1 aromatic rings. The number of rotatable bonds is 4. The van der Waals surface area contributed by atoms with Crippen molar-refractivity contribution in [2.24, 2.45) is 0 Å². The van der Waals surface area contributed by atoms with Gasteiger partial charge in [0, 0.05) is 0 Å². The minimum absolute atomic E-state index is 0.282. The van der Waals surface area contributed by atoms with Crippen molar-refractivity contribution >= 4 is 5.97 Å². The zero-order valence-corrected chi connectivity index (χ0v) is 7.99. The average Bonchev–Trinajstić information content (AvgIpc) is 2.15. The Morgan fingerprint density at radius 3 is 2.43 bits per heavy atom. The summed E-state index contributed by atoms with van der Waals surface area (Å²) in [6, 6.07) is 6.57. The zero-order chi connectivity index (χ0) is 10.6. The average molecular weight is 192 g/mol. The van der Waals surface area contributed by atoms with Crippen LogP contribution in [0.15, 0.2) is 36.6 Å². The molecule has 1 N–H and O–H groups in total. The maximum Gasteiger partial charge on any atom is 0.335 e. The van der Waals surface area contributed by atoms with Gasteiger partial charge >= 0.3 is 5.97 Å². The summed E-state index contributed by atoms with van der Waals surface area (Å²) in [6.45, 7) is 5.79. The second-order valence-corrected chi connectivity index (χ2v) is 2.99. The fourth-order valence-corrected chi connectivity index (χ4v) is 0.950. The van der Waals surface area contributed by atoms with E-state index < -0.39 is 5.97 Å². The quantitative estimate of drug-likeness (QED) is 0.745. The van der Waals surface area contributed by atoms with Crippen molar-refractivity contribution in [3.8, 4) is 0 Å². The Morgan fingerprint density at radius 1 is 1.43 bits per heavy atom. The molecule has 0 fully saturated rings. The summed E-state index contributed by atoms with van der Waals surface area (Å²) in [5.74, 6) is -0.273. The van der Waals surface area contributed by atoms with Crippen LogP contribution in [0.3, 0.4) is 0 Å². The summed E-state index contributed by atoms with van der Waals surface area (Å²) in [4.78, 5) is 10.5. The van der Waals surface area contributed by atoms with Gasteiger partial charge in [-0.1, -0.05) is 18.7 Å². The smallest absolute Gasteiger partial charge is 0.335 e. The first-order chi connectivity index (χ1) is 6.59. The predicted octanol–water partition coefficient (Wildman–Crippen LogP) is 2.44. The highest BCUT2D eigenvalue weighted by atomic mass is 16.5. The van der Waals surface area contributed by atoms with Crippen LogP contribution in [0, 0.1) is 0 Å². The first kappa shape index (κ1) is 10.3. The van der Waals surface area contributed by atoms with Gasteiger partial charge in [-0.15, -0.1) is 0 Å². The topological polar surface area (TPSA) is 46.5 Å². The van der Waals surface area contributed by atoms with E-state index in [1.54, 1.807) is 31.2 Å². The van der Waals surface area contributed by atoms with Crippen LogP contribution < -0.4 is 0 Å². The van der Waals surface area contributed by atoms with Gasteiger partial charge in [-0.25, -0.2) is 4.79 Å². The van der Waals surface area contributed by atoms with E-state index in [1.165, 1.54) is 0 Å². The van der Waals surface area contributed by atoms with Crippen LogP contribution in [-0.2, 0) is 11.3 Å². The zero-order valence-electron chi connectivity index (χ0n) is 7.99. The van der Waals surface area contributed by atoms with Crippen molar-refractivity contribution in [1.82, 2.24) is 0 Å². The maximum absolute atomic E-state index is 10.5. The maximum atomic E-state index is 10.5. The lowest BCUT2D eigenvalue weighted by Crippen LogP contribution is -1.96. The normalized spacial score (nSPS) is 9.50. The molecule has 0 saturated carbocycles. The number of benzene rings is 1. The second-order valence-electron chi connectivity index (χ2n) is 2.99. The minimum atomic E-state index is -0.919. The molecule has 0 aliphatic heterocycles. The first-order valence-corrected chi connectivity index (χ1v) is 4.20. The molecule has 0 aromatic heterocycles. The van der Waals surface area contributed by atoms with E-state index in [1.807, 2.05) is 0 Å². The standard InChI is InChI=1S/C11H12O3/c1-8(2)14-7-9-3-5-10(6-4-9)11(12)13/h3-6H,1,7H2,2H3,(H,12,13). The molecule has 1 aromatic carbocycles. The summed E-state index contributed by atoms with van der Waals surface area (Å²) in [5.41, 5.74) is 1.21. The minimum Gasteiger partial charge on any atom is -0.494 e. The van der Waals surface area contributed by atoms with Gasteiger partial charge in [0.05, 0.1) is 11.3 Å². The van der Waals surface area contributed by atoms with E-state index in [-0.39, 0.29) is 5.56 Å². The molecule has 0 saturated heterocycles. The van der Waals surface area contributed by atoms with Crippen molar-refractivity contribution in [1.29, 1.82) is 0 Å². The summed E-state index contributed by atoms with van der Waals surface area (Å²) >= 11 is 0. The van der Waals surface area contributed by atoms with Gasteiger partial charge < -0.3 is 9.84 Å². The number of aromatic carboxylic acids is 1. The number of ether oxygens (including phenoxy) is 1. The molecule has 0 radical (unpaired) electrons. The lowest BCUT2D eigenvalue weighted by Gasteiger charge is -2.04. The summed E-state index contributed by atoms with van der Waals surface area (Å²) in [6.07, 6.45) is 0. The SMILES string of the molecule is C=C(C)OCc1ccc(C(=O)O)cc1. The second kappa shape index (κ2) is 4.46. The summed E-state index contributed by atoms with van der Waals surface area (Å²) in [5, 5.41) is 8.65. The monoisotopic (exact) mass is 192 g/mol. The van der Waals surface area contributed by atoms with Crippen LogP contribution in [0.4, 0.5) is 0 Å². The molecule has 0 heterocycles. The van der Waals surface area contributed by atoms with E-state index >= 15 is 0 Å². The number of hydrogen-bond acceptors (Lipinski definition) is 2. The van der Waals surface area contributed by atoms with Crippen molar-refractivity contribution in [2.75, 3.05) is 0 Å². The third-order valence-electron chi connectivity index (χ3n) is 1.69. The van der Waals surface area contributed by atoms with Gasteiger partial charge in [0.15, 0.2) is 0 Å². The molecule has 3 heteroatoms. The lowest BCUT2D eigenvalue weighted by atomic mass is 10.1. The molecular weight excluding hydrogens is 180 g/mol. The molecular formula is C11H12O3. The highest BCUT2D eigenvalue weighted by molar-refractivity contribution is 5.87. The van der Waals surface area contributed by atoms with Gasteiger partial charge in [-0.05, 0) is 24.6 Å². The Labute approximate surface area is 82.6 Å². The fraction of sp³-hybridized carbons (Fsp3) is 0.182. The molecule has 0 amide bonds. The van der Waals surface area contributed by atoms with E-state index in [2.05, 4.69) is 6.58 Å². The van der Waals surface area contributed by atoms with Crippen molar-refractivity contribution in [2.45, 2.75) is 13.5 Å². The van der Waals surface area contributed by atoms with Crippen LogP contribution in [0.1, 0.15) is 22.8 Å². The molecule has 74 valence electrons. The predicted molar refractivity (Wildman–Crippen MR) is 53.0 cm³/mol. The molecule has 0 aliphatic rings. The van der Waals surface area contributed by atoms with Crippen LogP contribution in [0.2, 0.25) is 0 Å². The van der Waals surface area contributed by atoms with Gasteiger partial charge in [0.25, 0.3) is 0 Å². The molecule has 0 bridgehead atoms. The van der Waals surface area contributed by atoms with Crippen LogP contribution in [-0.4, -0.2) is 11.1 Å². The fourth-order valence-electron chi connectivity index (χ4n) is 0.950. The highest BCUT2D eigenvalue weighted by Crippen LogP contribution is 2.07. The molecule has 0 atom stereocenters. The Morgan fingerprint density at radius 2 is 2.00 bits per heavy atom. The van der Waals surface area contributed by atoms with Gasteiger partial charge in [0.2, 0.25) is 0 Å². The molecule has 0 spiro atoms.